The van der Waals surface area contributed by atoms with Gasteiger partial charge in [0.2, 0.25) is 10.0 Å². The van der Waals surface area contributed by atoms with Gasteiger partial charge in [-0.2, -0.15) is 0 Å². The Labute approximate surface area is 157 Å². The molecule has 0 aliphatic carbocycles. The summed E-state index contributed by atoms with van der Waals surface area (Å²) in [6.45, 7) is 3.40. The number of rotatable bonds is 8. The van der Waals surface area contributed by atoms with Crippen molar-refractivity contribution in [3.8, 4) is 0 Å². The Balaban J connectivity index is 2.02. The molecule has 0 atom stereocenters. The number of hydrogen-bond acceptors (Lipinski definition) is 5. The molecule has 27 heavy (non-hydrogen) atoms. The minimum absolute atomic E-state index is 0.00418. The molecule has 2 rings (SSSR count). The highest BCUT2D eigenvalue weighted by Gasteiger charge is 2.18. The normalized spacial score (nSPS) is 11.4. The maximum absolute atomic E-state index is 12.5. The summed E-state index contributed by atoms with van der Waals surface area (Å²) in [7, 11) is -1.69. The van der Waals surface area contributed by atoms with Gasteiger partial charge in [0.05, 0.1) is 12.3 Å². The van der Waals surface area contributed by atoms with Gasteiger partial charge < -0.3 is 14.4 Å². The van der Waals surface area contributed by atoms with Gasteiger partial charge in [0.25, 0.3) is 5.91 Å². The summed E-state index contributed by atoms with van der Waals surface area (Å²) in [6.07, 6.45) is 0. The molecular weight excluding hydrogens is 372 g/mol. The molecule has 9 heteroatoms. The molecule has 8 nitrogen and oxygen atoms in total. The molecule has 2 N–H and O–H groups in total. The Kier molecular flexibility index (Phi) is 6.40. The summed E-state index contributed by atoms with van der Waals surface area (Å²) in [5.74, 6) is -0.666. The average Bonchev–Trinajstić information content (AvgIpc) is 3.00. The van der Waals surface area contributed by atoms with Crippen molar-refractivity contribution in [2.45, 2.75) is 26.9 Å². The Morgan fingerprint density at radius 1 is 1.22 bits per heavy atom. The first-order valence-electron chi connectivity index (χ1n) is 8.27. The van der Waals surface area contributed by atoms with Gasteiger partial charge in [0.1, 0.15) is 17.1 Å². The van der Waals surface area contributed by atoms with Crippen LogP contribution in [0.1, 0.15) is 44.7 Å². The Morgan fingerprint density at radius 3 is 2.37 bits per heavy atom. The number of hydrogen-bond donors (Lipinski definition) is 2. The fourth-order valence-corrected chi connectivity index (χ4v) is 3.01. The number of sulfonamides is 1. The van der Waals surface area contributed by atoms with Crippen LogP contribution in [0.5, 0.6) is 0 Å². The minimum atomic E-state index is -3.28. The third-order valence-corrected chi connectivity index (χ3v) is 5.36. The Morgan fingerprint density at radius 2 is 1.85 bits per heavy atom. The van der Waals surface area contributed by atoms with E-state index in [1.54, 1.807) is 45.2 Å². The summed E-state index contributed by atoms with van der Waals surface area (Å²) in [4.78, 5) is 25.0. The van der Waals surface area contributed by atoms with Crippen molar-refractivity contribution in [2.24, 2.45) is 0 Å². The third-order valence-electron chi connectivity index (χ3n) is 4.02. The molecule has 0 saturated carbocycles. The SMILES string of the molecule is CCS(=O)(=O)NCc1ccc(C(=O)N(C)Cc2cc(C(=O)O)c(C)o2)cc1. The number of amides is 1. The lowest BCUT2D eigenvalue weighted by Crippen LogP contribution is -2.26. The van der Waals surface area contributed by atoms with E-state index < -0.39 is 16.0 Å². The summed E-state index contributed by atoms with van der Waals surface area (Å²) in [5.41, 5.74) is 1.24. The lowest BCUT2D eigenvalue weighted by Gasteiger charge is -2.16. The fourth-order valence-electron chi connectivity index (χ4n) is 2.42. The van der Waals surface area contributed by atoms with Crippen LogP contribution in [0.25, 0.3) is 0 Å². The predicted molar refractivity (Wildman–Crippen MR) is 98.9 cm³/mol. The van der Waals surface area contributed by atoms with Gasteiger partial charge in [-0.05, 0) is 37.6 Å². The van der Waals surface area contributed by atoms with Crippen LogP contribution in [-0.2, 0) is 23.1 Å². The molecule has 146 valence electrons. The van der Waals surface area contributed by atoms with Crippen molar-refractivity contribution in [1.82, 2.24) is 9.62 Å². The number of nitrogens with zero attached hydrogens (tertiary/aromatic N) is 1. The van der Waals surface area contributed by atoms with Gasteiger partial charge >= 0.3 is 5.97 Å². The second kappa shape index (κ2) is 8.36. The summed E-state index contributed by atoms with van der Waals surface area (Å²) < 4.78 is 30.8. The lowest BCUT2D eigenvalue weighted by molar-refractivity contribution is 0.0694. The highest BCUT2D eigenvalue weighted by Crippen LogP contribution is 2.17. The molecule has 0 radical (unpaired) electrons. The predicted octanol–water partition coefficient (Wildman–Crippen LogP) is 2.00. The highest BCUT2D eigenvalue weighted by molar-refractivity contribution is 7.89. The van der Waals surface area contributed by atoms with Crippen LogP contribution in [0.2, 0.25) is 0 Å². The van der Waals surface area contributed by atoms with Crippen LogP contribution in [0.3, 0.4) is 0 Å². The van der Waals surface area contributed by atoms with E-state index in [1.165, 1.54) is 11.0 Å². The zero-order valence-corrected chi connectivity index (χ0v) is 16.2. The first kappa shape index (κ1) is 20.7. The van der Waals surface area contributed by atoms with Gasteiger partial charge in [-0.15, -0.1) is 0 Å². The molecule has 0 unspecified atom stereocenters. The van der Waals surface area contributed by atoms with E-state index in [2.05, 4.69) is 4.72 Å². The zero-order valence-electron chi connectivity index (χ0n) is 15.4. The minimum Gasteiger partial charge on any atom is -0.478 e. The van der Waals surface area contributed by atoms with Gasteiger partial charge in [-0.3, -0.25) is 4.79 Å². The number of aromatic carboxylic acids is 1. The number of benzene rings is 1. The molecule has 0 aliphatic rings. The van der Waals surface area contributed by atoms with Crippen LogP contribution in [-0.4, -0.2) is 43.1 Å². The standard InChI is InChI=1S/C18H22N2O6S/c1-4-27(24,25)19-10-13-5-7-14(8-6-13)17(21)20(3)11-15-9-16(18(22)23)12(2)26-15/h5-9,19H,4,10-11H2,1-3H3,(H,22,23). The zero-order chi connectivity index (χ0) is 20.2. The molecule has 0 saturated heterocycles. The molecule has 0 aliphatic heterocycles. The molecule has 1 aromatic heterocycles. The van der Waals surface area contributed by atoms with Crippen molar-refractivity contribution in [2.75, 3.05) is 12.8 Å². The largest absolute Gasteiger partial charge is 0.478 e. The maximum Gasteiger partial charge on any atom is 0.339 e. The molecular formula is C18H22N2O6S. The molecule has 2 aromatic rings. The lowest BCUT2D eigenvalue weighted by atomic mass is 10.1. The van der Waals surface area contributed by atoms with Crippen molar-refractivity contribution in [3.05, 3.63) is 58.5 Å². The van der Waals surface area contributed by atoms with Gasteiger partial charge in [0, 0.05) is 19.2 Å². The number of carbonyl (C=O) groups excluding carboxylic acids is 1. The second-order valence-corrected chi connectivity index (χ2v) is 8.17. The van der Waals surface area contributed by atoms with Crippen molar-refractivity contribution in [3.63, 3.8) is 0 Å². The van der Waals surface area contributed by atoms with Gasteiger partial charge in [-0.25, -0.2) is 17.9 Å². The van der Waals surface area contributed by atoms with Crippen LogP contribution in [0.4, 0.5) is 0 Å². The van der Waals surface area contributed by atoms with Crippen LogP contribution < -0.4 is 4.72 Å². The number of carbonyl (C=O) groups is 2. The van der Waals surface area contributed by atoms with E-state index in [-0.39, 0.29) is 36.1 Å². The molecule has 1 aromatic carbocycles. The number of furan rings is 1. The number of aryl methyl sites for hydroxylation is 1. The van der Waals surface area contributed by atoms with E-state index in [9.17, 15) is 18.0 Å². The smallest absolute Gasteiger partial charge is 0.339 e. The average molecular weight is 394 g/mol. The molecule has 0 spiro atoms. The Bertz CT molecular complexity index is 931. The van der Waals surface area contributed by atoms with Crippen molar-refractivity contribution >= 4 is 21.9 Å². The quantitative estimate of drug-likeness (QED) is 0.707. The third kappa shape index (κ3) is 5.41. The first-order valence-corrected chi connectivity index (χ1v) is 9.92. The van der Waals surface area contributed by atoms with Crippen LogP contribution in [0.15, 0.2) is 34.7 Å². The van der Waals surface area contributed by atoms with Gasteiger partial charge in [-0.1, -0.05) is 12.1 Å². The van der Waals surface area contributed by atoms with Gasteiger partial charge in [0.15, 0.2) is 0 Å². The number of carboxylic acids is 1. The van der Waals surface area contributed by atoms with E-state index in [4.69, 9.17) is 9.52 Å². The van der Waals surface area contributed by atoms with Crippen LogP contribution >= 0.6 is 0 Å². The van der Waals surface area contributed by atoms with E-state index in [1.807, 2.05) is 0 Å². The molecule has 0 fully saturated rings. The number of nitrogens with one attached hydrogen (secondary N) is 1. The van der Waals surface area contributed by atoms with Crippen molar-refractivity contribution < 1.29 is 27.5 Å². The molecule has 1 amide bonds. The number of carboxylic acid groups (broad SMARTS) is 1. The summed E-state index contributed by atoms with van der Waals surface area (Å²) in [6, 6.07) is 8.00. The topological polar surface area (TPSA) is 117 Å². The maximum atomic E-state index is 12.5. The fraction of sp³-hybridized carbons (Fsp3) is 0.333. The molecule has 0 bridgehead atoms. The van der Waals surface area contributed by atoms with E-state index in [0.29, 0.717) is 11.3 Å². The monoisotopic (exact) mass is 394 g/mol. The summed E-state index contributed by atoms with van der Waals surface area (Å²) in [5, 5.41) is 9.05. The van der Waals surface area contributed by atoms with E-state index >= 15 is 0 Å². The van der Waals surface area contributed by atoms with Crippen LogP contribution in [0, 0.1) is 6.92 Å². The Hall–Kier alpha value is -2.65. The highest BCUT2D eigenvalue weighted by atomic mass is 32.2. The first-order chi connectivity index (χ1) is 12.6. The molecule has 1 heterocycles. The van der Waals surface area contributed by atoms with Crippen molar-refractivity contribution in [1.29, 1.82) is 0 Å². The summed E-state index contributed by atoms with van der Waals surface area (Å²) >= 11 is 0. The second-order valence-electron chi connectivity index (χ2n) is 6.07. The van der Waals surface area contributed by atoms with E-state index in [0.717, 1.165) is 5.56 Å².